The molecule has 6 heteroatoms. The third-order valence-corrected chi connectivity index (χ3v) is 5.25. The van der Waals surface area contributed by atoms with E-state index in [1.165, 1.54) is 29.7 Å². The fraction of sp³-hybridized carbons (Fsp3) is 0.263. The van der Waals surface area contributed by atoms with E-state index in [2.05, 4.69) is 16.4 Å². The van der Waals surface area contributed by atoms with Crippen molar-refractivity contribution >= 4 is 22.9 Å². The van der Waals surface area contributed by atoms with Gasteiger partial charge in [0.2, 0.25) is 0 Å². The molecule has 0 spiro atoms. The second-order valence-corrected chi connectivity index (χ2v) is 7.12. The zero-order chi connectivity index (χ0) is 17.2. The molecule has 25 heavy (non-hydrogen) atoms. The van der Waals surface area contributed by atoms with Crippen LogP contribution in [0.2, 0.25) is 0 Å². The monoisotopic (exact) mass is 353 g/mol. The highest BCUT2D eigenvalue weighted by atomic mass is 32.1. The Morgan fingerprint density at radius 2 is 2.12 bits per heavy atom. The molecule has 0 atom stereocenters. The van der Waals surface area contributed by atoms with Crippen molar-refractivity contribution in [3.05, 3.63) is 64.4 Å². The Labute approximate surface area is 150 Å². The summed E-state index contributed by atoms with van der Waals surface area (Å²) in [5.41, 5.74) is 1.96. The number of rotatable bonds is 6. The summed E-state index contributed by atoms with van der Waals surface area (Å²) in [5, 5.41) is 4.97. The number of thiophene rings is 1. The van der Waals surface area contributed by atoms with Crippen LogP contribution in [0.4, 0.5) is 5.69 Å². The van der Waals surface area contributed by atoms with E-state index in [4.69, 9.17) is 4.74 Å². The number of aryl methyl sites for hydroxylation is 1. The number of nitrogens with one attached hydrogen (secondary N) is 1. The molecule has 1 aromatic carbocycles. The number of anilines is 1. The molecule has 1 aliphatic rings. The summed E-state index contributed by atoms with van der Waals surface area (Å²) in [6.07, 6.45) is 6.02. The van der Waals surface area contributed by atoms with E-state index in [9.17, 15) is 4.79 Å². The number of carbonyl (C=O) groups excluding carboxylic acids is 1. The maximum Gasteiger partial charge on any atom is 0.266 e. The van der Waals surface area contributed by atoms with Crippen molar-refractivity contribution < 1.29 is 9.53 Å². The number of ether oxygens (including phenoxy) is 1. The molecule has 1 aliphatic carbocycles. The molecule has 1 fully saturated rings. The standard InChI is InChI=1S/C19H19N3O2S/c1-22-10-9-20-17(22)12-24-15-6-4-14(5-7-15)21-19(23)18-16(8-11-25-18)13-2-3-13/h4-11,13H,2-3,12H2,1H3,(H,21,23). The van der Waals surface area contributed by atoms with Gasteiger partial charge in [-0.1, -0.05) is 0 Å². The summed E-state index contributed by atoms with van der Waals surface area (Å²) in [6, 6.07) is 9.50. The lowest BCUT2D eigenvalue weighted by Gasteiger charge is -2.09. The van der Waals surface area contributed by atoms with Crippen molar-refractivity contribution in [3.63, 3.8) is 0 Å². The highest BCUT2D eigenvalue weighted by Gasteiger charge is 2.28. The minimum Gasteiger partial charge on any atom is -0.486 e. The molecule has 0 bridgehead atoms. The zero-order valence-electron chi connectivity index (χ0n) is 13.9. The van der Waals surface area contributed by atoms with Gasteiger partial charge in [0, 0.05) is 25.1 Å². The van der Waals surface area contributed by atoms with Gasteiger partial charge in [-0.25, -0.2) is 4.98 Å². The molecule has 0 radical (unpaired) electrons. The van der Waals surface area contributed by atoms with E-state index < -0.39 is 0 Å². The minimum atomic E-state index is -0.0291. The van der Waals surface area contributed by atoms with Crippen molar-refractivity contribution in [2.24, 2.45) is 7.05 Å². The Kier molecular flexibility index (Phi) is 4.28. The van der Waals surface area contributed by atoms with Crippen LogP contribution >= 0.6 is 11.3 Å². The number of carbonyl (C=O) groups is 1. The first-order chi connectivity index (χ1) is 12.2. The number of imidazole rings is 1. The summed E-state index contributed by atoms with van der Waals surface area (Å²) in [4.78, 5) is 17.5. The molecule has 3 aromatic rings. The van der Waals surface area contributed by atoms with Crippen molar-refractivity contribution in [2.45, 2.75) is 25.4 Å². The highest BCUT2D eigenvalue weighted by Crippen LogP contribution is 2.43. The first-order valence-electron chi connectivity index (χ1n) is 8.28. The van der Waals surface area contributed by atoms with E-state index in [1.807, 2.05) is 47.5 Å². The third-order valence-electron chi connectivity index (χ3n) is 4.32. The number of aromatic nitrogens is 2. The Morgan fingerprint density at radius 1 is 1.32 bits per heavy atom. The second kappa shape index (κ2) is 6.72. The lowest BCUT2D eigenvalue weighted by atomic mass is 10.1. The van der Waals surface area contributed by atoms with Crippen LogP contribution in [0.15, 0.2) is 48.1 Å². The average Bonchev–Trinajstić information content (AvgIpc) is 3.19. The maximum atomic E-state index is 12.5. The predicted molar refractivity (Wildman–Crippen MR) is 98.2 cm³/mol. The van der Waals surface area contributed by atoms with Crippen LogP contribution in [0, 0.1) is 0 Å². The molecule has 0 aliphatic heterocycles. The van der Waals surface area contributed by atoms with E-state index in [-0.39, 0.29) is 5.91 Å². The minimum absolute atomic E-state index is 0.0291. The number of hydrogen-bond donors (Lipinski definition) is 1. The summed E-state index contributed by atoms with van der Waals surface area (Å²) < 4.78 is 7.65. The molecule has 1 amide bonds. The molecule has 4 rings (SSSR count). The molecule has 1 saturated carbocycles. The van der Waals surface area contributed by atoms with Crippen LogP contribution in [-0.2, 0) is 13.7 Å². The largest absolute Gasteiger partial charge is 0.486 e. The molecule has 0 unspecified atom stereocenters. The second-order valence-electron chi connectivity index (χ2n) is 6.20. The van der Waals surface area contributed by atoms with Crippen LogP contribution in [0.3, 0.4) is 0 Å². The number of nitrogens with zero attached hydrogens (tertiary/aromatic N) is 2. The predicted octanol–water partition coefficient (Wildman–Crippen LogP) is 4.19. The average molecular weight is 353 g/mol. The van der Waals surface area contributed by atoms with Crippen LogP contribution in [-0.4, -0.2) is 15.5 Å². The first kappa shape index (κ1) is 15.9. The normalized spacial score (nSPS) is 13.6. The molecular weight excluding hydrogens is 334 g/mol. The number of hydrogen-bond acceptors (Lipinski definition) is 4. The molecular formula is C19H19N3O2S. The number of benzene rings is 1. The molecule has 0 saturated heterocycles. The fourth-order valence-electron chi connectivity index (χ4n) is 2.73. The van der Waals surface area contributed by atoms with Crippen molar-refractivity contribution in [2.75, 3.05) is 5.32 Å². The molecule has 2 heterocycles. The Bertz CT molecular complexity index is 878. The fourth-order valence-corrected chi connectivity index (χ4v) is 3.60. The maximum absolute atomic E-state index is 12.5. The van der Waals surface area contributed by atoms with Gasteiger partial charge in [0.1, 0.15) is 18.2 Å². The lowest BCUT2D eigenvalue weighted by molar-refractivity contribution is 0.102. The first-order valence-corrected chi connectivity index (χ1v) is 9.16. The van der Waals surface area contributed by atoms with Gasteiger partial charge in [-0.05, 0) is 60.0 Å². The van der Waals surface area contributed by atoms with E-state index >= 15 is 0 Å². The Morgan fingerprint density at radius 3 is 2.80 bits per heavy atom. The van der Waals surface area contributed by atoms with Gasteiger partial charge < -0.3 is 14.6 Å². The lowest BCUT2D eigenvalue weighted by Crippen LogP contribution is -2.11. The number of amides is 1. The van der Waals surface area contributed by atoms with E-state index in [0.29, 0.717) is 12.5 Å². The van der Waals surface area contributed by atoms with Gasteiger partial charge in [-0.2, -0.15) is 0 Å². The smallest absolute Gasteiger partial charge is 0.266 e. The summed E-state index contributed by atoms with van der Waals surface area (Å²) in [6.45, 7) is 0.412. The summed E-state index contributed by atoms with van der Waals surface area (Å²) >= 11 is 1.51. The van der Waals surface area contributed by atoms with E-state index in [0.717, 1.165) is 22.1 Å². The van der Waals surface area contributed by atoms with Crippen LogP contribution in [0.1, 0.15) is 39.8 Å². The summed E-state index contributed by atoms with van der Waals surface area (Å²) in [5.74, 6) is 2.16. The van der Waals surface area contributed by atoms with Gasteiger partial charge >= 0.3 is 0 Å². The van der Waals surface area contributed by atoms with Gasteiger partial charge in [0.15, 0.2) is 0 Å². The SMILES string of the molecule is Cn1ccnc1COc1ccc(NC(=O)c2sccc2C2CC2)cc1. The van der Waals surface area contributed by atoms with Crippen molar-refractivity contribution in [1.29, 1.82) is 0 Å². The molecule has 128 valence electrons. The molecule has 1 N–H and O–H groups in total. The quantitative estimate of drug-likeness (QED) is 0.723. The molecule has 5 nitrogen and oxygen atoms in total. The Balaban J connectivity index is 1.37. The highest BCUT2D eigenvalue weighted by molar-refractivity contribution is 7.12. The van der Waals surface area contributed by atoms with Crippen LogP contribution in [0.5, 0.6) is 5.75 Å². The van der Waals surface area contributed by atoms with E-state index in [1.54, 1.807) is 6.20 Å². The van der Waals surface area contributed by atoms with Gasteiger partial charge in [0.05, 0.1) is 4.88 Å². The van der Waals surface area contributed by atoms with Gasteiger partial charge in [0.25, 0.3) is 5.91 Å². The van der Waals surface area contributed by atoms with Crippen molar-refractivity contribution in [3.8, 4) is 5.75 Å². The molecule has 2 aromatic heterocycles. The third kappa shape index (κ3) is 3.58. The summed E-state index contributed by atoms with van der Waals surface area (Å²) in [7, 11) is 1.94. The van der Waals surface area contributed by atoms with Crippen LogP contribution < -0.4 is 10.1 Å². The van der Waals surface area contributed by atoms with Crippen molar-refractivity contribution in [1.82, 2.24) is 9.55 Å². The topological polar surface area (TPSA) is 56.1 Å². The van der Waals surface area contributed by atoms with Gasteiger partial charge in [-0.15, -0.1) is 11.3 Å². The van der Waals surface area contributed by atoms with Gasteiger partial charge in [-0.3, -0.25) is 4.79 Å². The van der Waals surface area contributed by atoms with Crippen LogP contribution in [0.25, 0.3) is 0 Å². The zero-order valence-corrected chi connectivity index (χ0v) is 14.8. The Hall–Kier alpha value is -2.60.